The first-order valence-electron chi connectivity index (χ1n) is 7.30. The topological polar surface area (TPSA) is 52.6 Å². The monoisotopic (exact) mass is 278 g/mol. The van der Waals surface area contributed by atoms with E-state index >= 15 is 0 Å². The third-order valence-electron chi connectivity index (χ3n) is 4.24. The molecule has 0 saturated carbocycles. The van der Waals surface area contributed by atoms with Crippen LogP contribution in [0.25, 0.3) is 0 Å². The molecule has 0 aliphatic heterocycles. The highest BCUT2D eigenvalue weighted by atomic mass is 16.5. The number of allylic oxidation sites excluding steroid dienone is 3. The van der Waals surface area contributed by atoms with E-state index in [-0.39, 0.29) is 17.7 Å². The Kier molecular flexibility index (Phi) is 4.31. The maximum absolute atomic E-state index is 12.5. The van der Waals surface area contributed by atoms with Crippen LogP contribution in [0, 0.1) is 11.3 Å². The van der Waals surface area contributed by atoms with Gasteiger partial charge in [0, 0.05) is 18.1 Å². The fraction of sp³-hybridized carbons (Fsp3) is 0.625. The van der Waals surface area contributed by atoms with Crippen LogP contribution in [-0.4, -0.2) is 25.0 Å². The zero-order valence-electron chi connectivity index (χ0n) is 12.4. The highest BCUT2D eigenvalue weighted by Crippen LogP contribution is 2.48. The lowest BCUT2D eigenvalue weighted by Gasteiger charge is -2.35. The summed E-state index contributed by atoms with van der Waals surface area (Å²) in [7, 11) is 0. The molecule has 0 fully saturated rings. The van der Waals surface area contributed by atoms with Crippen molar-refractivity contribution < 1.29 is 19.1 Å². The number of hydrogen-bond donors (Lipinski definition) is 0. The smallest absolute Gasteiger partial charge is 0.333 e. The summed E-state index contributed by atoms with van der Waals surface area (Å²) in [5.41, 5.74) is 0.100. The normalized spacial score (nSPS) is 29.1. The quantitative estimate of drug-likeness (QED) is 0.742. The molecule has 0 N–H and O–H groups in total. The summed E-state index contributed by atoms with van der Waals surface area (Å²) in [5.74, 6) is 0.671. The van der Waals surface area contributed by atoms with Gasteiger partial charge in [-0.15, -0.1) is 0 Å². The predicted octanol–water partition coefficient (Wildman–Crippen LogP) is 2.79. The largest absolute Gasteiger partial charge is 0.498 e. The summed E-state index contributed by atoms with van der Waals surface area (Å²) < 4.78 is 10.5. The third kappa shape index (κ3) is 2.51. The van der Waals surface area contributed by atoms with Crippen molar-refractivity contribution in [3.8, 4) is 0 Å². The highest BCUT2D eigenvalue weighted by molar-refractivity contribution is 6.00. The molecular weight excluding hydrogens is 256 g/mol. The third-order valence-corrected chi connectivity index (χ3v) is 4.24. The number of ether oxygens (including phenoxy) is 2. The second kappa shape index (κ2) is 5.81. The van der Waals surface area contributed by atoms with Crippen molar-refractivity contribution in [2.24, 2.45) is 11.3 Å². The van der Waals surface area contributed by atoms with E-state index in [1.54, 1.807) is 13.0 Å². The zero-order valence-corrected chi connectivity index (χ0v) is 12.4. The molecule has 2 rings (SSSR count). The molecule has 0 amide bonds. The van der Waals surface area contributed by atoms with E-state index in [0.29, 0.717) is 31.6 Å². The Labute approximate surface area is 119 Å². The van der Waals surface area contributed by atoms with Crippen molar-refractivity contribution in [3.63, 3.8) is 0 Å². The van der Waals surface area contributed by atoms with Gasteiger partial charge in [0.15, 0.2) is 5.78 Å². The first kappa shape index (κ1) is 14.8. The fourth-order valence-corrected chi connectivity index (χ4v) is 3.12. The number of carbonyl (C=O) groups excluding carboxylic acids is 2. The number of esters is 1. The van der Waals surface area contributed by atoms with Crippen molar-refractivity contribution in [2.75, 3.05) is 13.2 Å². The van der Waals surface area contributed by atoms with Gasteiger partial charge in [-0.3, -0.25) is 4.79 Å². The van der Waals surface area contributed by atoms with E-state index in [4.69, 9.17) is 9.47 Å². The van der Waals surface area contributed by atoms with Crippen LogP contribution in [0.1, 0.15) is 40.0 Å². The van der Waals surface area contributed by atoms with Gasteiger partial charge in [0.05, 0.1) is 24.4 Å². The Hall–Kier alpha value is -1.58. The Morgan fingerprint density at radius 2 is 2.15 bits per heavy atom. The summed E-state index contributed by atoms with van der Waals surface area (Å²) in [6.45, 7) is 6.68. The Morgan fingerprint density at radius 3 is 2.75 bits per heavy atom. The minimum atomic E-state index is -0.539. The molecule has 110 valence electrons. The molecule has 4 heteroatoms. The van der Waals surface area contributed by atoms with Gasteiger partial charge in [-0.2, -0.15) is 0 Å². The standard InChI is InChI=1S/C16H22O4/c1-4-19-13-8-11(3)16(14(17)9-13)7-6-12(10-16)15(18)20-5-2/h9-11H,4-8H2,1-3H3/t11-,16-/m1/s1. The molecule has 0 aromatic heterocycles. The molecule has 4 nitrogen and oxygen atoms in total. The summed E-state index contributed by atoms with van der Waals surface area (Å²) in [5, 5.41) is 0. The molecule has 2 aliphatic carbocycles. The zero-order chi connectivity index (χ0) is 14.8. The fourth-order valence-electron chi connectivity index (χ4n) is 3.12. The van der Waals surface area contributed by atoms with Crippen LogP contribution in [0.2, 0.25) is 0 Å². The average Bonchev–Trinajstić information content (AvgIpc) is 2.84. The van der Waals surface area contributed by atoms with Gasteiger partial charge in [0.2, 0.25) is 0 Å². The SMILES string of the molecule is CCOC(=O)C1=C[C@@]2(CC1)C(=O)C=C(OCC)C[C@H]2C. The first-order valence-corrected chi connectivity index (χ1v) is 7.30. The molecule has 1 spiro atoms. The van der Waals surface area contributed by atoms with Gasteiger partial charge in [-0.25, -0.2) is 4.79 Å². The first-order chi connectivity index (χ1) is 9.53. The molecular formula is C16H22O4. The van der Waals surface area contributed by atoms with Gasteiger partial charge in [-0.05, 0) is 32.6 Å². The second-order valence-corrected chi connectivity index (χ2v) is 5.44. The van der Waals surface area contributed by atoms with E-state index < -0.39 is 5.41 Å². The van der Waals surface area contributed by atoms with Crippen LogP contribution in [0.5, 0.6) is 0 Å². The van der Waals surface area contributed by atoms with Crippen LogP contribution in [0.3, 0.4) is 0 Å². The second-order valence-electron chi connectivity index (χ2n) is 5.44. The average molecular weight is 278 g/mol. The molecule has 0 saturated heterocycles. The highest BCUT2D eigenvalue weighted by Gasteiger charge is 2.47. The maximum atomic E-state index is 12.5. The van der Waals surface area contributed by atoms with Crippen molar-refractivity contribution in [2.45, 2.75) is 40.0 Å². The minimum Gasteiger partial charge on any atom is -0.498 e. The van der Waals surface area contributed by atoms with Gasteiger partial charge >= 0.3 is 5.97 Å². The lowest BCUT2D eigenvalue weighted by atomic mass is 9.68. The van der Waals surface area contributed by atoms with Crippen molar-refractivity contribution in [3.05, 3.63) is 23.5 Å². The lowest BCUT2D eigenvalue weighted by Crippen LogP contribution is -2.36. The molecule has 0 heterocycles. The van der Waals surface area contributed by atoms with Gasteiger partial charge in [-0.1, -0.05) is 13.0 Å². The number of hydrogen-bond acceptors (Lipinski definition) is 4. The lowest BCUT2D eigenvalue weighted by molar-refractivity contribution is -0.138. The predicted molar refractivity (Wildman–Crippen MR) is 74.9 cm³/mol. The number of ketones is 1. The van der Waals surface area contributed by atoms with Crippen LogP contribution in [0.15, 0.2) is 23.5 Å². The van der Waals surface area contributed by atoms with Gasteiger partial charge in [0.25, 0.3) is 0 Å². The van der Waals surface area contributed by atoms with Crippen molar-refractivity contribution in [1.82, 2.24) is 0 Å². The molecule has 0 aromatic carbocycles. The summed E-state index contributed by atoms with van der Waals surface area (Å²) in [4.78, 5) is 24.3. The van der Waals surface area contributed by atoms with Crippen molar-refractivity contribution >= 4 is 11.8 Å². The van der Waals surface area contributed by atoms with Crippen LogP contribution in [-0.2, 0) is 19.1 Å². The van der Waals surface area contributed by atoms with Crippen molar-refractivity contribution in [1.29, 1.82) is 0 Å². The molecule has 0 bridgehead atoms. The summed E-state index contributed by atoms with van der Waals surface area (Å²) in [6.07, 6.45) is 5.50. The molecule has 0 unspecified atom stereocenters. The van der Waals surface area contributed by atoms with Gasteiger partial charge in [0.1, 0.15) is 0 Å². The van der Waals surface area contributed by atoms with E-state index in [1.807, 2.05) is 13.0 Å². The van der Waals surface area contributed by atoms with Crippen LogP contribution >= 0.6 is 0 Å². The minimum absolute atomic E-state index is 0.0546. The summed E-state index contributed by atoms with van der Waals surface area (Å²) >= 11 is 0. The molecule has 20 heavy (non-hydrogen) atoms. The molecule has 2 aliphatic rings. The Bertz CT molecular complexity index is 475. The van der Waals surface area contributed by atoms with E-state index in [1.165, 1.54) is 0 Å². The molecule has 0 aromatic rings. The van der Waals surface area contributed by atoms with E-state index in [9.17, 15) is 9.59 Å². The summed E-state index contributed by atoms with van der Waals surface area (Å²) in [6, 6.07) is 0. The Balaban J connectivity index is 2.24. The van der Waals surface area contributed by atoms with Crippen LogP contribution in [0.4, 0.5) is 0 Å². The van der Waals surface area contributed by atoms with Crippen LogP contribution < -0.4 is 0 Å². The van der Waals surface area contributed by atoms with Gasteiger partial charge < -0.3 is 9.47 Å². The van der Waals surface area contributed by atoms with E-state index in [2.05, 4.69) is 6.92 Å². The molecule has 2 atom stereocenters. The molecule has 0 radical (unpaired) electrons. The maximum Gasteiger partial charge on any atom is 0.333 e. The number of carbonyl (C=O) groups is 2. The Morgan fingerprint density at radius 1 is 1.40 bits per heavy atom. The van der Waals surface area contributed by atoms with E-state index in [0.717, 1.165) is 12.2 Å². The number of rotatable bonds is 4.